The maximum Gasteiger partial charge on any atom is 0.237 e. The number of ketones is 1. The average Bonchev–Trinajstić information content (AvgIpc) is 2.66. The molecule has 0 saturated carbocycles. The number of piperazine rings is 1. The molecule has 2 saturated heterocycles. The summed E-state index contributed by atoms with van der Waals surface area (Å²) in [6.45, 7) is 7.11. The van der Waals surface area contributed by atoms with Gasteiger partial charge in [0.15, 0.2) is 0 Å². The molecule has 1 amide bonds. The third-order valence-electron chi connectivity index (χ3n) is 2.96. The highest BCUT2D eigenvalue weighted by Crippen LogP contribution is 2.25. The Morgan fingerprint density at radius 2 is 2.07 bits per heavy atom. The van der Waals surface area contributed by atoms with Gasteiger partial charge in [-0.15, -0.1) is 0 Å². The largest absolute Gasteiger partial charge is 0.353 e. The Labute approximate surface area is 91.0 Å². The van der Waals surface area contributed by atoms with Crippen molar-refractivity contribution in [2.45, 2.75) is 45.7 Å². The lowest BCUT2D eigenvalue weighted by Gasteiger charge is -2.32. The summed E-state index contributed by atoms with van der Waals surface area (Å²) in [4.78, 5) is 24.7. The highest BCUT2D eigenvalue weighted by Gasteiger charge is 2.41. The Hall–Kier alpha value is -0.900. The lowest BCUT2D eigenvalue weighted by Crippen LogP contribution is -2.55. The van der Waals surface area contributed by atoms with Crippen molar-refractivity contribution in [3.05, 3.63) is 0 Å². The summed E-state index contributed by atoms with van der Waals surface area (Å²) in [5.74, 6) is 0.284. The van der Waals surface area contributed by atoms with Crippen LogP contribution in [0.5, 0.6) is 0 Å². The van der Waals surface area contributed by atoms with Crippen molar-refractivity contribution in [1.82, 2.24) is 10.2 Å². The lowest BCUT2D eigenvalue weighted by atomic mass is 10.1. The minimum Gasteiger partial charge on any atom is -0.353 e. The normalized spacial score (nSPS) is 29.9. The first-order valence-electron chi connectivity index (χ1n) is 5.74. The number of nitrogens with zero attached hydrogens (tertiary/aromatic N) is 1. The fourth-order valence-corrected chi connectivity index (χ4v) is 2.32. The van der Waals surface area contributed by atoms with Gasteiger partial charge < -0.3 is 5.32 Å². The quantitative estimate of drug-likeness (QED) is 0.691. The number of hydrogen-bond acceptors (Lipinski definition) is 3. The summed E-state index contributed by atoms with van der Waals surface area (Å²) in [6.07, 6.45) is 1.67. The van der Waals surface area contributed by atoms with Gasteiger partial charge >= 0.3 is 0 Å². The third kappa shape index (κ3) is 2.37. The van der Waals surface area contributed by atoms with Gasteiger partial charge in [0.25, 0.3) is 0 Å². The highest BCUT2D eigenvalue weighted by molar-refractivity contribution is 5.87. The SMILES string of the molecule is CC.CC(=O)[C@H]1CC[C@H]2C(=O)NCCN12. The summed E-state index contributed by atoms with van der Waals surface area (Å²) in [6, 6.07) is -0.0429. The van der Waals surface area contributed by atoms with Crippen LogP contribution in [-0.2, 0) is 9.59 Å². The summed E-state index contributed by atoms with van der Waals surface area (Å²) in [5, 5.41) is 2.82. The molecule has 0 aliphatic carbocycles. The minimum atomic E-state index is -0.0392. The molecular weight excluding hydrogens is 192 g/mol. The maximum atomic E-state index is 11.4. The van der Waals surface area contributed by atoms with E-state index in [0.29, 0.717) is 6.54 Å². The molecule has 2 atom stereocenters. The van der Waals surface area contributed by atoms with Crippen LogP contribution in [0.3, 0.4) is 0 Å². The monoisotopic (exact) mass is 212 g/mol. The zero-order valence-corrected chi connectivity index (χ0v) is 9.75. The Bertz CT molecular complexity index is 247. The second kappa shape index (κ2) is 5.26. The van der Waals surface area contributed by atoms with E-state index >= 15 is 0 Å². The predicted molar refractivity (Wildman–Crippen MR) is 58.6 cm³/mol. The van der Waals surface area contributed by atoms with E-state index in [9.17, 15) is 9.59 Å². The van der Waals surface area contributed by atoms with Crippen molar-refractivity contribution in [2.75, 3.05) is 13.1 Å². The summed E-state index contributed by atoms with van der Waals surface area (Å²) >= 11 is 0. The number of hydrogen-bond donors (Lipinski definition) is 1. The molecule has 2 aliphatic rings. The van der Waals surface area contributed by atoms with Gasteiger partial charge in [0, 0.05) is 13.1 Å². The Morgan fingerprint density at radius 1 is 1.40 bits per heavy atom. The van der Waals surface area contributed by atoms with Crippen molar-refractivity contribution in [1.29, 1.82) is 0 Å². The van der Waals surface area contributed by atoms with Crippen LogP contribution in [-0.4, -0.2) is 41.8 Å². The first-order valence-corrected chi connectivity index (χ1v) is 5.74. The second-order valence-electron chi connectivity index (χ2n) is 3.75. The maximum absolute atomic E-state index is 11.4. The smallest absolute Gasteiger partial charge is 0.237 e. The van der Waals surface area contributed by atoms with Crippen molar-refractivity contribution in [2.24, 2.45) is 0 Å². The molecule has 0 spiro atoms. The van der Waals surface area contributed by atoms with E-state index in [2.05, 4.69) is 5.32 Å². The molecule has 0 aromatic rings. The molecule has 4 nitrogen and oxygen atoms in total. The highest BCUT2D eigenvalue weighted by atomic mass is 16.2. The van der Waals surface area contributed by atoms with Gasteiger partial charge in [0.2, 0.25) is 5.91 Å². The van der Waals surface area contributed by atoms with Gasteiger partial charge in [-0.2, -0.15) is 0 Å². The Balaban J connectivity index is 0.000000531. The molecule has 2 heterocycles. The van der Waals surface area contributed by atoms with E-state index in [0.717, 1.165) is 19.4 Å². The molecule has 4 heteroatoms. The topological polar surface area (TPSA) is 49.4 Å². The van der Waals surface area contributed by atoms with Crippen LogP contribution >= 0.6 is 0 Å². The summed E-state index contributed by atoms with van der Waals surface area (Å²) < 4.78 is 0. The average molecular weight is 212 g/mol. The molecule has 15 heavy (non-hydrogen) atoms. The van der Waals surface area contributed by atoms with Crippen molar-refractivity contribution < 1.29 is 9.59 Å². The lowest BCUT2D eigenvalue weighted by molar-refractivity contribution is -0.130. The molecule has 0 bridgehead atoms. The van der Waals surface area contributed by atoms with Crippen molar-refractivity contribution in [3.63, 3.8) is 0 Å². The molecule has 2 rings (SSSR count). The van der Waals surface area contributed by atoms with Crippen LogP contribution in [0, 0.1) is 0 Å². The zero-order chi connectivity index (χ0) is 11.4. The Kier molecular flexibility index (Phi) is 4.27. The number of nitrogens with one attached hydrogen (secondary N) is 1. The van der Waals surface area contributed by atoms with Crippen molar-refractivity contribution in [3.8, 4) is 0 Å². The van der Waals surface area contributed by atoms with Crippen LogP contribution in [0.15, 0.2) is 0 Å². The van der Waals surface area contributed by atoms with Crippen molar-refractivity contribution >= 4 is 11.7 Å². The number of Topliss-reactive ketones (excluding diaryl/α,β-unsaturated/α-hetero) is 1. The molecule has 2 aliphatic heterocycles. The van der Waals surface area contributed by atoms with Crippen LogP contribution in [0.4, 0.5) is 0 Å². The third-order valence-corrected chi connectivity index (χ3v) is 2.96. The molecule has 0 aromatic heterocycles. The predicted octanol–water partition coefficient (Wildman–Crippen LogP) is 0.564. The van der Waals surface area contributed by atoms with Gasteiger partial charge in [-0.3, -0.25) is 14.5 Å². The van der Waals surface area contributed by atoms with E-state index in [1.54, 1.807) is 6.92 Å². The number of carbonyl (C=O) groups is 2. The van der Waals surface area contributed by atoms with E-state index < -0.39 is 0 Å². The first kappa shape index (κ1) is 12.2. The molecule has 1 N–H and O–H groups in total. The fraction of sp³-hybridized carbons (Fsp3) is 0.818. The van der Waals surface area contributed by atoms with E-state index in [1.807, 2.05) is 18.7 Å². The number of carbonyl (C=O) groups excluding carboxylic acids is 2. The van der Waals surface area contributed by atoms with Gasteiger partial charge in [-0.25, -0.2) is 0 Å². The number of rotatable bonds is 1. The fourth-order valence-electron chi connectivity index (χ4n) is 2.32. The summed E-state index contributed by atoms with van der Waals surface area (Å²) in [5.41, 5.74) is 0. The zero-order valence-electron chi connectivity index (χ0n) is 9.75. The van der Waals surface area contributed by atoms with Gasteiger partial charge in [-0.1, -0.05) is 13.8 Å². The molecule has 0 aromatic carbocycles. The van der Waals surface area contributed by atoms with E-state index in [-0.39, 0.29) is 23.8 Å². The molecular formula is C11H20N2O2. The minimum absolute atomic E-state index is 0.00366. The van der Waals surface area contributed by atoms with Gasteiger partial charge in [-0.05, 0) is 19.8 Å². The molecule has 86 valence electrons. The first-order chi connectivity index (χ1) is 7.20. The molecule has 0 radical (unpaired) electrons. The summed E-state index contributed by atoms with van der Waals surface area (Å²) in [7, 11) is 0. The van der Waals surface area contributed by atoms with E-state index in [1.165, 1.54) is 0 Å². The van der Waals surface area contributed by atoms with Crippen LogP contribution in [0.1, 0.15) is 33.6 Å². The van der Waals surface area contributed by atoms with Gasteiger partial charge in [0.05, 0.1) is 12.1 Å². The van der Waals surface area contributed by atoms with E-state index in [4.69, 9.17) is 0 Å². The molecule has 0 unspecified atom stereocenters. The van der Waals surface area contributed by atoms with Crippen LogP contribution in [0.25, 0.3) is 0 Å². The number of fused-ring (bicyclic) bond motifs is 1. The number of amides is 1. The van der Waals surface area contributed by atoms with Crippen LogP contribution in [0.2, 0.25) is 0 Å². The second-order valence-corrected chi connectivity index (χ2v) is 3.75. The standard InChI is InChI=1S/C9H14N2O2.C2H6/c1-6(12)7-2-3-8-9(13)10-4-5-11(7)8;1-2/h7-8H,2-5H2,1H3,(H,10,13);1-2H3/t7-,8+;/m1./s1. The molecule has 2 fully saturated rings. The van der Waals surface area contributed by atoms with Gasteiger partial charge in [0.1, 0.15) is 5.78 Å². The Morgan fingerprint density at radius 3 is 2.67 bits per heavy atom. The van der Waals surface area contributed by atoms with Crippen LogP contribution < -0.4 is 5.32 Å².